The summed E-state index contributed by atoms with van der Waals surface area (Å²) in [4.78, 5) is 27.6. The van der Waals surface area contributed by atoms with Crippen molar-refractivity contribution in [2.45, 2.75) is 150 Å². The predicted octanol–water partition coefficient (Wildman–Crippen LogP) is 6.01. The van der Waals surface area contributed by atoms with Gasteiger partial charge in [-0.15, -0.1) is 36.9 Å². The summed E-state index contributed by atoms with van der Waals surface area (Å²) in [5.41, 5.74) is 12.5. The second kappa shape index (κ2) is 36.4. The van der Waals surface area contributed by atoms with E-state index in [1.807, 2.05) is 70.2 Å². The van der Waals surface area contributed by atoms with Crippen LogP contribution in [0.5, 0.6) is 0 Å². The standard InChI is InChI=1S/C26H42NO4.C18H24NO2.C6H8N2.K.2O3S/c1-7-29-24(28)13-11-10-12-17-26(6)21(5)27(18-16-25(30-8-2)31-9-3)23-15-14-20(4)19-22(23)26;1-4-21-17(20)12-6-5-9-13-18(3)14(2)19-16-11-8-7-10-15(16)18;7-8-6-4-2-1-3-5-6;;2*1-4(2)3/h14-15,19,25H,7-13,16-18H2,1-6H3;8,10-11H,4-6,9,12-13H2,1-3H3;1-5,8H,7H2;;;/q+1;-1;;+1;;. The molecule has 3 N–H and O–H groups in total. The molecule has 378 valence electrons. The van der Waals surface area contributed by atoms with Crippen molar-refractivity contribution in [3.05, 3.63) is 89.5 Å². The number of nitrogen functional groups attached to an aromatic ring is 1. The number of anilines is 1. The minimum atomic E-state index is -3.11. The zero-order valence-electron chi connectivity index (χ0n) is 42.4. The number of benzene rings is 3. The molecule has 0 spiro atoms. The van der Waals surface area contributed by atoms with Crippen LogP contribution in [0.1, 0.15) is 143 Å². The molecule has 19 heteroatoms. The van der Waals surface area contributed by atoms with Crippen molar-refractivity contribution in [3.63, 3.8) is 0 Å². The molecule has 3 aromatic rings. The van der Waals surface area contributed by atoms with Crippen LogP contribution in [0.25, 0.3) is 0 Å². The molecule has 0 fully saturated rings. The molecule has 2 aliphatic rings. The summed E-state index contributed by atoms with van der Waals surface area (Å²) < 4.78 is 74.6. The first-order valence-corrected chi connectivity index (χ1v) is 25.2. The number of fused-ring (bicyclic) bond motifs is 2. The number of nitrogens with zero attached hydrogens (tertiary/aromatic N) is 2. The normalized spacial score (nSPS) is 15.9. The molecule has 2 heterocycles. The van der Waals surface area contributed by atoms with Crippen LogP contribution in [0, 0.1) is 13.0 Å². The number of esters is 2. The zero-order valence-corrected chi connectivity index (χ0v) is 47.2. The number of nitrogens with one attached hydrogen (secondary N) is 1. The van der Waals surface area contributed by atoms with E-state index < -0.39 is 21.2 Å². The minimum absolute atomic E-state index is 0. The number of hydrazine groups is 1. The Balaban J connectivity index is 0.00000104. The smallest absolute Gasteiger partial charge is 0.466 e. The Bertz CT molecular complexity index is 2250. The Morgan fingerprint density at radius 3 is 1.72 bits per heavy atom. The third-order valence-electron chi connectivity index (χ3n) is 11.7. The third kappa shape index (κ3) is 24.5. The molecule has 2 unspecified atom stereocenters. The van der Waals surface area contributed by atoms with Crippen LogP contribution in [0.4, 0.5) is 17.1 Å². The molecule has 2 aliphatic heterocycles. The minimum Gasteiger partial charge on any atom is -0.466 e. The fraction of sp³-hybridized carbons (Fsp3) is 0.560. The fourth-order valence-electron chi connectivity index (χ4n) is 8.05. The fourth-order valence-corrected chi connectivity index (χ4v) is 8.05. The van der Waals surface area contributed by atoms with Crippen LogP contribution in [-0.2, 0) is 60.6 Å². The summed E-state index contributed by atoms with van der Waals surface area (Å²) in [7, 11) is -6.22. The molecule has 0 aromatic heterocycles. The van der Waals surface area contributed by atoms with Crippen LogP contribution >= 0.6 is 0 Å². The first-order valence-electron chi connectivity index (χ1n) is 23.2. The van der Waals surface area contributed by atoms with E-state index in [2.05, 4.69) is 79.9 Å². The molecule has 0 bridgehead atoms. The summed E-state index contributed by atoms with van der Waals surface area (Å²) in [6.07, 6.45) is 9.94. The molecule has 2 atom stereocenters. The van der Waals surface area contributed by atoms with E-state index >= 15 is 0 Å². The van der Waals surface area contributed by atoms with Gasteiger partial charge >= 0.3 is 84.5 Å². The van der Waals surface area contributed by atoms with Gasteiger partial charge in [-0.25, -0.2) is 0 Å². The van der Waals surface area contributed by atoms with Crippen molar-refractivity contribution in [1.82, 2.24) is 0 Å². The Kier molecular flexibility index (Phi) is 34.6. The van der Waals surface area contributed by atoms with E-state index in [4.69, 9.17) is 50.0 Å². The van der Waals surface area contributed by atoms with E-state index in [1.165, 1.54) is 33.8 Å². The molecule has 69 heavy (non-hydrogen) atoms. The summed E-state index contributed by atoms with van der Waals surface area (Å²) in [6, 6.07) is 25.6. The SMILES string of the molecule is CCOC(=O)CCCCCC1(C)C(C)=Nc2cc[c-]cc21.CCOC(=O)CCCCCC1(C)C(C)=[N+](CCC(OCC)OCC)c2ccc(C)cc21.NNc1ccccc1.O=S(=O)=O.O=S(=O)=O.[K+]. The summed E-state index contributed by atoms with van der Waals surface area (Å²) >= 11 is 0. The van der Waals surface area contributed by atoms with Gasteiger partial charge in [-0.2, -0.15) is 22.8 Å². The molecule has 0 saturated heterocycles. The molecule has 16 nitrogen and oxygen atoms in total. The van der Waals surface area contributed by atoms with Gasteiger partial charge in [0, 0.05) is 56.0 Å². The molecular formula is C50H74KN4O12S2+. The Morgan fingerprint density at radius 2 is 1.25 bits per heavy atom. The molecule has 5 rings (SSSR count). The van der Waals surface area contributed by atoms with E-state index in [0.717, 1.165) is 75.7 Å². The Hall–Kier alpha value is -3.50. The van der Waals surface area contributed by atoms with Gasteiger partial charge in [0.25, 0.3) is 0 Å². The Labute approximate surface area is 456 Å². The second-order valence-electron chi connectivity index (χ2n) is 16.3. The van der Waals surface area contributed by atoms with Gasteiger partial charge < -0.3 is 24.4 Å². The predicted molar refractivity (Wildman–Crippen MR) is 264 cm³/mol. The quantitative estimate of drug-likeness (QED) is 0.0172. The molecular weight excluding hydrogens is 952 g/mol. The van der Waals surface area contributed by atoms with Gasteiger partial charge in [-0.05, 0) is 103 Å². The van der Waals surface area contributed by atoms with Crippen molar-refractivity contribution >= 4 is 61.6 Å². The Morgan fingerprint density at radius 1 is 0.725 bits per heavy atom. The van der Waals surface area contributed by atoms with Crippen molar-refractivity contribution in [3.8, 4) is 0 Å². The number of hydrogen-bond donors (Lipinski definition) is 2. The summed E-state index contributed by atoms with van der Waals surface area (Å²) in [5.74, 6) is 4.94. The number of carbonyl (C=O) groups excluding carboxylic acids is 2. The number of ether oxygens (including phenoxy) is 4. The monoisotopic (exact) mass is 1030 g/mol. The zero-order chi connectivity index (χ0) is 51.1. The molecule has 0 saturated carbocycles. The van der Waals surface area contributed by atoms with E-state index in [1.54, 1.807) is 0 Å². The van der Waals surface area contributed by atoms with E-state index in [-0.39, 0.29) is 80.4 Å². The van der Waals surface area contributed by atoms with Gasteiger partial charge in [-0.3, -0.25) is 20.4 Å². The second-order valence-corrected chi connectivity index (χ2v) is 17.2. The van der Waals surface area contributed by atoms with Crippen LogP contribution in [0.3, 0.4) is 0 Å². The first-order chi connectivity index (χ1) is 32.3. The molecule has 3 aromatic carbocycles. The largest absolute Gasteiger partial charge is 1.00 e. The third-order valence-corrected chi connectivity index (χ3v) is 11.7. The topological polar surface area (TPSA) is 227 Å². The maximum atomic E-state index is 11.6. The molecule has 0 aliphatic carbocycles. The van der Waals surface area contributed by atoms with Crippen molar-refractivity contribution in [1.29, 1.82) is 0 Å². The van der Waals surface area contributed by atoms with Crippen molar-refractivity contribution in [2.24, 2.45) is 10.8 Å². The van der Waals surface area contributed by atoms with Gasteiger partial charge in [0.05, 0.1) is 25.0 Å². The maximum Gasteiger partial charge on any atom is 1.00 e. The number of aliphatic imine (C=N–C) groups is 1. The first kappa shape index (κ1) is 65.5. The molecule has 0 amide bonds. The van der Waals surface area contributed by atoms with Gasteiger partial charge in [0.1, 0.15) is 0 Å². The number of aryl methyl sites for hydroxylation is 1. The number of nitrogens with two attached hydrogens (primary N) is 1. The maximum absolute atomic E-state index is 11.6. The van der Waals surface area contributed by atoms with Crippen molar-refractivity contribution in [2.75, 3.05) is 38.4 Å². The van der Waals surface area contributed by atoms with E-state index in [0.29, 0.717) is 39.3 Å². The van der Waals surface area contributed by atoms with Crippen LogP contribution in [0.15, 0.2) is 71.7 Å². The number of carbonyl (C=O) groups is 2. The number of rotatable bonds is 22. The number of para-hydroxylation sites is 1. The van der Waals surface area contributed by atoms with Crippen LogP contribution < -0.4 is 62.7 Å². The van der Waals surface area contributed by atoms with E-state index in [9.17, 15) is 9.59 Å². The average molecular weight is 1030 g/mol. The summed E-state index contributed by atoms with van der Waals surface area (Å²) in [5, 5.41) is 0. The van der Waals surface area contributed by atoms with Gasteiger partial charge in [0.15, 0.2) is 18.5 Å². The molecule has 0 radical (unpaired) electrons. The average Bonchev–Trinajstić information content (AvgIpc) is 3.66. The number of unbranched alkanes of at least 4 members (excludes halogenated alkanes) is 4. The van der Waals surface area contributed by atoms with Crippen LogP contribution in [0.2, 0.25) is 0 Å². The van der Waals surface area contributed by atoms with Gasteiger partial charge in [-0.1, -0.05) is 62.4 Å². The number of hydrogen-bond acceptors (Lipinski definition) is 15. The van der Waals surface area contributed by atoms with Crippen molar-refractivity contribution < 1.29 is 110 Å². The van der Waals surface area contributed by atoms with Gasteiger partial charge in [0.2, 0.25) is 5.69 Å². The van der Waals surface area contributed by atoms with Crippen LogP contribution in [-0.4, -0.2) is 92.5 Å². The summed E-state index contributed by atoms with van der Waals surface area (Å²) in [6.45, 7) is 22.0.